The van der Waals surface area contributed by atoms with Crippen molar-refractivity contribution in [2.75, 3.05) is 12.4 Å². The van der Waals surface area contributed by atoms with Gasteiger partial charge in [0.05, 0.1) is 5.04 Å². The Balaban J connectivity index is 2.00. The van der Waals surface area contributed by atoms with E-state index in [0.29, 0.717) is 5.75 Å². The van der Waals surface area contributed by atoms with E-state index in [1.165, 1.54) is 11.8 Å². The second-order valence-electron chi connectivity index (χ2n) is 3.13. The number of thioether (sulfide) groups is 1. The molecule has 0 aliphatic carbocycles. The highest BCUT2D eigenvalue weighted by Gasteiger charge is 2.30. The van der Waals surface area contributed by atoms with E-state index in [0.717, 1.165) is 24.5 Å². The fourth-order valence-corrected chi connectivity index (χ4v) is 2.59. The number of nitrogens with zero attached hydrogens (tertiary/aromatic N) is 1. The quantitative estimate of drug-likeness (QED) is 0.716. The van der Waals surface area contributed by atoms with Crippen LogP contribution in [0.15, 0.2) is 4.99 Å². The van der Waals surface area contributed by atoms with Crippen LogP contribution in [0.4, 0.5) is 0 Å². The largest absolute Gasteiger partial charge is 0.480 e. The summed E-state index contributed by atoms with van der Waals surface area (Å²) < 4.78 is 5.42. The standard InChI is InChI=1S/C8H11NO3S/c10-8(11)5-4-13-7(9-5)6-2-1-3-12-6/h5-6H,1-4H2,(H,10,11). The maximum Gasteiger partial charge on any atom is 0.329 e. The molecule has 1 saturated heterocycles. The molecule has 13 heavy (non-hydrogen) atoms. The summed E-state index contributed by atoms with van der Waals surface area (Å²) in [5.41, 5.74) is 0. The lowest BCUT2D eigenvalue weighted by molar-refractivity contribution is -0.137. The third kappa shape index (κ3) is 1.86. The van der Waals surface area contributed by atoms with Crippen molar-refractivity contribution < 1.29 is 14.6 Å². The van der Waals surface area contributed by atoms with E-state index in [2.05, 4.69) is 4.99 Å². The van der Waals surface area contributed by atoms with Gasteiger partial charge < -0.3 is 9.84 Å². The van der Waals surface area contributed by atoms with Crippen LogP contribution in [0.2, 0.25) is 0 Å². The Hall–Kier alpha value is -0.550. The lowest BCUT2D eigenvalue weighted by Crippen LogP contribution is -2.18. The monoisotopic (exact) mass is 201 g/mol. The molecule has 2 aliphatic heterocycles. The summed E-state index contributed by atoms with van der Waals surface area (Å²) in [6.07, 6.45) is 2.12. The van der Waals surface area contributed by atoms with Crippen LogP contribution in [-0.4, -0.2) is 40.6 Å². The number of aliphatic imine (C=N–C) groups is 1. The first-order valence-electron chi connectivity index (χ1n) is 4.32. The molecule has 0 aromatic heterocycles. The molecule has 1 fully saturated rings. The minimum atomic E-state index is -0.833. The third-order valence-electron chi connectivity index (χ3n) is 2.16. The highest BCUT2D eigenvalue weighted by molar-refractivity contribution is 8.14. The maximum absolute atomic E-state index is 10.6. The van der Waals surface area contributed by atoms with Crippen molar-refractivity contribution in [3.05, 3.63) is 0 Å². The summed E-state index contributed by atoms with van der Waals surface area (Å²) in [5.74, 6) is -0.273. The molecule has 0 aromatic carbocycles. The van der Waals surface area contributed by atoms with Gasteiger partial charge in [0.2, 0.25) is 0 Å². The molecule has 0 radical (unpaired) electrons. The van der Waals surface area contributed by atoms with Crippen LogP contribution >= 0.6 is 11.8 Å². The average molecular weight is 201 g/mol. The van der Waals surface area contributed by atoms with Crippen LogP contribution in [0.1, 0.15) is 12.8 Å². The molecule has 0 spiro atoms. The first kappa shape index (κ1) is 9.02. The van der Waals surface area contributed by atoms with Gasteiger partial charge in [0, 0.05) is 12.4 Å². The molecule has 2 unspecified atom stereocenters. The van der Waals surface area contributed by atoms with Crippen molar-refractivity contribution >= 4 is 22.8 Å². The van der Waals surface area contributed by atoms with Gasteiger partial charge in [-0.2, -0.15) is 0 Å². The maximum atomic E-state index is 10.6. The minimum absolute atomic E-state index is 0.0781. The smallest absolute Gasteiger partial charge is 0.329 e. The van der Waals surface area contributed by atoms with Crippen LogP contribution in [0.3, 0.4) is 0 Å². The van der Waals surface area contributed by atoms with Gasteiger partial charge in [0.25, 0.3) is 0 Å². The summed E-state index contributed by atoms with van der Waals surface area (Å²) >= 11 is 1.52. The van der Waals surface area contributed by atoms with E-state index < -0.39 is 12.0 Å². The fourth-order valence-electron chi connectivity index (χ4n) is 1.47. The molecule has 1 N–H and O–H groups in total. The number of carbonyl (C=O) groups is 1. The molecule has 0 bridgehead atoms. The van der Waals surface area contributed by atoms with E-state index in [4.69, 9.17) is 9.84 Å². The molecule has 2 heterocycles. The number of carboxylic acids is 1. The molecular weight excluding hydrogens is 190 g/mol. The van der Waals surface area contributed by atoms with E-state index in [-0.39, 0.29) is 6.10 Å². The van der Waals surface area contributed by atoms with Crippen molar-refractivity contribution in [3.8, 4) is 0 Å². The molecule has 2 aliphatic rings. The van der Waals surface area contributed by atoms with Crippen molar-refractivity contribution in [1.82, 2.24) is 0 Å². The first-order chi connectivity index (χ1) is 6.27. The van der Waals surface area contributed by atoms with Gasteiger partial charge in [-0.05, 0) is 12.8 Å². The van der Waals surface area contributed by atoms with Crippen molar-refractivity contribution in [2.45, 2.75) is 25.0 Å². The molecule has 4 nitrogen and oxygen atoms in total. The summed E-state index contributed by atoms with van der Waals surface area (Å²) in [4.78, 5) is 14.7. The predicted octanol–water partition coefficient (Wildman–Crippen LogP) is 0.764. The summed E-state index contributed by atoms with van der Waals surface area (Å²) in [5, 5.41) is 9.59. The number of aliphatic carboxylic acids is 1. The minimum Gasteiger partial charge on any atom is -0.480 e. The highest BCUT2D eigenvalue weighted by Crippen LogP contribution is 2.26. The SMILES string of the molecule is O=C(O)C1CSC(C2CCCO2)=N1. The lowest BCUT2D eigenvalue weighted by atomic mass is 10.2. The van der Waals surface area contributed by atoms with Crippen LogP contribution < -0.4 is 0 Å². The van der Waals surface area contributed by atoms with E-state index >= 15 is 0 Å². The zero-order chi connectivity index (χ0) is 9.26. The molecule has 0 aromatic rings. The zero-order valence-corrected chi connectivity index (χ0v) is 7.92. The summed E-state index contributed by atoms with van der Waals surface area (Å²) in [6, 6.07) is -0.552. The van der Waals surface area contributed by atoms with Gasteiger partial charge in [-0.3, -0.25) is 4.99 Å². The molecule has 2 atom stereocenters. The van der Waals surface area contributed by atoms with Gasteiger partial charge in [-0.25, -0.2) is 4.79 Å². The topological polar surface area (TPSA) is 58.9 Å². The Bertz CT molecular complexity index is 248. The Morgan fingerprint density at radius 1 is 1.69 bits per heavy atom. The van der Waals surface area contributed by atoms with E-state index in [1.54, 1.807) is 0 Å². The second-order valence-corrected chi connectivity index (χ2v) is 4.17. The number of hydrogen-bond donors (Lipinski definition) is 1. The predicted molar refractivity (Wildman–Crippen MR) is 50.3 cm³/mol. The Kier molecular flexibility index (Phi) is 2.55. The Morgan fingerprint density at radius 3 is 3.08 bits per heavy atom. The van der Waals surface area contributed by atoms with Crippen LogP contribution in [-0.2, 0) is 9.53 Å². The highest BCUT2D eigenvalue weighted by atomic mass is 32.2. The van der Waals surface area contributed by atoms with Crippen molar-refractivity contribution in [1.29, 1.82) is 0 Å². The third-order valence-corrected chi connectivity index (χ3v) is 3.31. The summed E-state index contributed by atoms with van der Waals surface area (Å²) in [7, 11) is 0. The van der Waals surface area contributed by atoms with Crippen LogP contribution in [0.5, 0.6) is 0 Å². The van der Waals surface area contributed by atoms with Gasteiger partial charge in [-0.1, -0.05) is 0 Å². The van der Waals surface area contributed by atoms with Gasteiger partial charge in [-0.15, -0.1) is 11.8 Å². The molecule has 2 rings (SSSR count). The average Bonchev–Trinajstić information content (AvgIpc) is 2.75. The normalized spacial score (nSPS) is 33.4. The molecule has 5 heteroatoms. The zero-order valence-electron chi connectivity index (χ0n) is 7.10. The van der Waals surface area contributed by atoms with E-state index in [9.17, 15) is 4.79 Å². The van der Waals surface area contributed by atoms with E-state index in [1.807, 2.05) is 0 Å². The molecular formula is C8H11NO3S. The molecule has 0 saturated carbocycles. The van der Waals surface area contributed by atoms with Crippen LogP contribution in [0.25, 0.3) is 0 Å². The number of rotatable bonds is 2. The fraction of sp³-hybridized carbons (Fsp3) is 0.750. The van der Waals surface area contributed by atoms with Gasteiger partial charge >= 0.3 is 5.97 Å². The van der Waals surface area contributed by atoms with Gasteiger partial charge in [0.1, 0.15) is 6.10 Å². The molecule has 0 amide bonds. The Morgan fingerprint density at radius 2 is 2.54 bits per heavy atom. The summed E-state index contributed by atoms with van der Waals surface area (Å²) in [6.45, 7) is 0.780. The lowest BCUT2D eigenvalue weighted by Gasteiger charge is -2.06. The molecule has 72 valence electrons. The number of carboxylic acid groups (broad SMARTS) is 1. The van der Waals surface area contributed by atoms with Crippen LogP contribution in [0, 0.1) is 0 Å². The first-order valence-corrected chi connectivity index (χ1v) is 5.31. The van der Waals surface area contributed by atoms with Crippen molar-refractivity contribution in [3.63, 3.8) is 0 Å². The number of ether oxygens (including phenoxy) is 1. The Labute approximate surface area is 80.4 Å². The van der Waals surface area contributed by atoms with Gasteiger partial charge in [0.15, 0.2) is 6.04 Å². The van der Waals surface area contributed by atoms with Crippen molar-refractivity contribution in [2.24, 2.45) is 4.99 Å². The second kappa shape index (κ2) is 3.67. The number of hydrogen-bond acceptors (Lipinski definition) is 4.